The Kier molecular flexibility index (Phi) is 5.06. The molecule has 0 aliphatic carbocycles. The monoisotopic (exact) mass is 275 g/mol. The van der Waals surface area contributed by atoms with Gasteiger partial charge >= 0.3 is 0 Å². The minimum Gasteiger partial charge on any atom is -0.385 e. The molecule has 0 aliphatic heterocycles. The molecular formula is C14H21N5O. The highest BCUT2D eigenvalue weighted by Crippen LogP contribution is 2.13. The normalized spacial score (nSPS) is 10.8. The molecule has 2 heterocycles. The molecule has 0 aromatic carbocycles. The van der Waals surface area contributed by atoms with Gasteiger partial charge in [-0.1, -0.05) is 6.92 Å². The van der Waals surface area contributed by atoms with Crippen molar-refractivity contribution in [3.05, 3.63) is 29.8 Å². The predicted molar refractivity (Wildman–Crippen MR) is 78.1 cm³/mol. The Hall–Kier alpha value is -1.95. The van der Waals surface area contributed by atoms with Crippen molar-refractivity contribution < 1.29 is 4.74 Å². The highest BCUT2D eigenvalue weighted by Gasteiger charge is 2.03. The van der Waals surface area contributed by atoms with E-state index >= 15 is 0 Å². The van der Waals surface area contributed by atoms with Crippen LogP contribution in [0.3, 0.4) is 0 Å². The van der Waals surface area contributed by atoms with Gasteiger partial charge in [0.05, 0.1) is 0 Å². The van der Waals surface area contributed by atoms with Crippen LogP contribution in [0.25, 0.3) is 0 Å². The van der Waals surface area contributed by atoms with Crippen LogP contribution in [0, 0.1) is 6.92 Å². The lowest BCUT2D eigenvalue weighted by Crippen LogP contribution is -2.04. The Morgan fingerprint density at radius 2 is 2.15 bits per heavy atom. The first-order valence-corrected chi connectivity index (χ1v) is 6.85. The molecule has 0 unspecified atom stereocenters. The average Bonchev–Trinajstić information content (AvgIpc) is 2.86. The Labute approximate surface area is 119 Å². The zero-order valence-electron chi connectivity index (χ0n) is 12.3. The number of hydrogen-bond acceptors (Lipinski definition) is 5. The maximum absolute atomic E-state index is 5.03. The molecule has 0 aliphatic rings. The fourth-order valence-corrected chi connectivity index (χ4v) is 1.93. The van der Waals surface area contributed by atoms with E-state index in [9.17, 15) is 0 Å². The summed E-state index contributed by atoms with van der Waals surface area (Å²) in [6, 6.07) is 3.90. The summed E-state index contributed by atoms with van der Waals surface area (Å²) < 4.78 is 6.93. The maximum atomic E-state index is 5.03. The molecule has 0 bridgehead atoms. The van der Waals surface area contributed by atoms with Gasteiger partial charge in [-0.2, -0.15) is 5.10 Å². The zero-order chi connectivity index (χ0) is 14.4. The number of aromatic nitrogens is 4. The van der Waals surface area contributed by atoms with Crippen LogP contribution >= 0.6 is 0 Å². The van der Waals surface area contributed by atoms with E-state index in [1.54, 1.807) is 7.11 Å². The lowest BCUT2D eigenvalue weighted by atomic mass is 10.3. The molecule has 6 heteroatoms. The molecule has 0 fully saturated rings. The molecular weight excluding hydrogens is 254 g/mol. The van der Waals surface area contributed by atoms with Crippen molar-refractivity contribution in [2.75, 3.05) is 19.0 Å². The molecule has 0 saturated heterocycles. The van der Waals surface area contributed by atoms with E-state index in [0.29, 0.717) is 0 Å². The number of methoxy groups -OCH3 is 1. The molecule has 0 radical (unpaired) electrons. The van der Waals surface area contributed by atoms with Gasteiger partial charge in [-0.3, -0.25) is 4.68 Å². The van der Waals surface area contributed by atoms with Gasteiger partial charge in [-0.25, -0.2) is 9.97 Å². The fourth-order valence-electron chi connectivity index (χ4n) is 1.93. The largest absolute Gasteiger partial charge is 0.385 e. The molecule has 2 aromatic rings. The van der Waals surface area contributed by atoms with Gasteiger partial charge in [0.25, 0.3) is 0 Å². The van der Waals surface area contributed by atoms with E-state index < -0.39 is 0 Å². The fraction of sp³-hybridized carbons (Fsp3) is 0.500. The molecule has 2 aromatic heterocycles. The highest BCUT2D eigenvalue weighted by atomic mass is 16.5. The number of anilines is 2. The van der Waals surface area contributed by atoms with Crippen molar-refractivity contribution >= 4 is 11.6 Å². The molecule has 0 amide bonds. The minimum absolute atomic E-state index is 0.744. The van der Waals surface area contributed by atoms with E-state index in [1.807, 2.05) is 29.9 Å². The van der Waals surface area contributed by atoms with Crippen LogP contribution in [0.2, 0.25) is 0 Å². The first-order chi connectivity index (χ1) is 9.71. The number of nitrogens with one attached hydrogen (secondary N) is 1. The van der Waals surface area contributed by atoms with Crippen molar-refractivity contribution in [3.63, 3.8) is 0 Å². The summed E-state index contributed by atoms with van der Waals surface area (Å²) in [6.07, 6.45) is 3.79. The van der Waals surface area contributed by atoms with Crippen molar-refractivity contribution in [2.24, 2.45) is 0 Å². The number of rotatable bonds is 7. The minimum atomic E-state index is 0.744. The summed E-state index contributed by atoms with van der Waals surface area (Å²) in [5, 5.41) is 7.67. The molecule has 108 valence electrons. The predicted octanol–water partition coefficient (Wildman–Crippen LogP) is 2.32. The highest BCUT2D eigenvalue weighted by molar-refractivity contribution is 5.51. The number of hydrogen-bond donors (Lipinski definition) is 1. The Bertz CT molecular complexity index is 552. The van der Waals surface area contributed by atoms with E-state index in [0.717, 1.165) is 49.1 Å². The Morgan fingerprint density at radius 1 is 1.30 bits per heavy atom. The van der Waals surface area contributed by atoms with Gasteiger partial charge in [0.15, 0.2) is 5.82 Å². The smallest absolute Gasteiger partial charge is 0.153 e. The third kappa shape index (κ3) is 4.03. The van der Waals surface area contributed by atoms with Gasteiger partial charge in [0.2, 0.25) is 0 Å². The summed E-state index contributed by atoms with van der Waals surface area (Å²) in [6.45, 7) is 5.57. The van der Waals surface area contributed by atoms with E-state index in [4.69, 9.17) is 4.74 Å². The van der Waals surface area contributed by atoms with Crippen molar-refractivity contribution in [2.45, 2.75) is 33.2 Å². The third-order valence-electron chi connectivity index (χ3n) is 2.89. The summed E-state index contributed by atoms with van der Waals surface area (Å²) in [5.41, 5.74) is 1.03. The lowest BCUT2D eigenvalue weighted by Gasteiger charge is -2.05. The second kappa shape index (κ2) is 7.00. The SMILES string of the molecule is CCc1cc(Nc2ccn(CCCOC)n2)nc(C)n1. The van der Waals surface area contributed by atoms with Gasteiger partial charge < -0.3 is 10.1 Å². The second-order valence-electron chi connectivity index (χ2n) is 4.58. The van der Waals surface area contributed by atoms with E-state index in [2.05, 4.69) is 27.3 Å². The maximum Gasteiger partial charge on any atom is 0.153 e. The standard InChI is InChI=1S/C14H21N5O/c1-4-12-10-14(16-11(2)15-12)17-13-6-8-19(18-13)7-5-9-20-3/h6,8,10H,4-5,7,9H2,1-3H3,(H,15,16,17,18). The summed E-state index contributed by atoms with van der Waals surface area (Å²) in [7, 11) is 1.71. The van der Waals surface area contributed by atoms with Crippen molar-refractivity contribution in [3.8, 4) is 0 Å². The van der Waals surface area contributed by atoms with Crippen LogP contribution in [0.15, 0.2) is 18.3 Å². The number of aryl methyl sites for hydroxylation is 3. The summed E-state index contributed by atoms with van der Waals surface area (Å²) in [5.74, 6) is 2.35. The first-order valence-electron chi connectivity index (χ1n) is 6.85. The molecule has 0 saturated carbocycles. The molecule has 1 N–H and O–H groups in total. The van der Waals surface area contributed by atoms with Crippen LogP contribution in [0.4, 0.5) is 11.6 Å². The third-order valence-corrected chi connectivity index (χ3v) is 2.89. The molecule has 6 nitrogen and oxygen atoms in total. The van der Waals surface area contributed by atoms with Crippen LogP contribution in [0.5, 0.6) is 0 Å². The second-order valence-corrected chi connectivity index (χ2v) is 4.58. The van der Waals surface area contributed by atoms with E-state index in [1.165, 1.54) is 0 Å². The van der Waals surface area contributed by atoms with Crippen LogP contribution in [-0.4, -0.2) is 33.5 Å². The van der Waals surface area contributed by atoms with Crippen LogP contribution < -0.4 is 5.32 Å². The summed E-state index contributed by atoms with van der Waals surface area (Å²) >= 11 is 0. The average molecular weight is 275 g/mol. The van der Waals surface area contributed by atoms with Gasteiger partial charge in [-0.05, 0) is 19.8 Å². The van der Waals surface area contributed by atoms with Gasteiger partial charge in [-0.15, -0.1) is 0 Å². The molecule has 0 atom stereocenters. The Morgan fingerprint density at radius 3 is 2.90 bits per heavy atom. The number of ether oxygens (including phenoxy) is 1. The first kappa shape index (κ1) is 14.5. The van der Waals surface area contributed by atoms with Gasteiger partial charge in [0.1, 0.15) is 11.6 Å². The van der Waals surface area contributed by atoms with Crippen LogP contribution in [-0.2, 0) is 17.7 Å². The Balaban J connectivity index is 2.01. The molecule has 20 heavy (non-hydrogen) atoms. The molecule has 0 spiro atoms. The quantitative estimate of drug-likeness (QED) is 0.786. The van der Waals surface area contributed by atoms with E-state index in [-0.39, 0.29) is 0 Å². The summed E-state index contributed by atoms with van der Waals surface area (Å²) in [4.78, 5) is 8.73. The molecule has 2 rings (SSSR count). The van der Waals surface area contributed by atoms with Gasteiger partial charge in [0, 0.05) is 44.3 Å². The lowest BCUT2D eigenvalue weighted by molar-refractivity contribution is 0.189. The van der Waals surface area contributed by atoms with Crippen LogP contribution in [0.1, 0.15) is 24.9 Å². The van der Waals surface area contributed by atoms with Crippen molar-refractivity contribution in [1.82, 2.24) is 19.7 Å². The van der Waals surface area contributed by atoms with Crippen molar-refractivity contribution in [1.29, 1.82) is 0 Å². The number of nitrogens with zero attached hydrogens (tertiary/aromatic N) is 4. The zero-order valence-corrected chi connectivity index (χ0v) is 12.3. The topological polar surface area (TPSA) is 64.9 Å².